The van der Waals surface area contributed by atoms with Gasteiger partial charge in [0, 0.05) is 23.3 Å². The first-order valence-electron chi connectivity index (χ1n) is 9.13. The zero-order chi connectivity index (χ0) is 21.5. The van der Waals surface area contributed by atoms with Crippen LogP contribution in [-0.2, 0) is 0 Å². The smallest absolute Gasteiger partial charge is 0.288 e. The normalized spacial score (nSPS) is 14.3. The first-order chi connectivity index (χ1) is 15.1. The second-order valence-corrected chi connectivity index (χ2v) is 6.75. The second-order valence-electron chi connectivity index (χ2n) is 6.75. The number of aromatic nitrogens is 6. The minimum absolute atomic E-state index is 0.0870. The third-order valence-electron chi connectivity index (χ3n) is 5.03. The van der Waals surface area contributed by atoms with Crippen molar-refractivity contribution in [2.45, 2.75) is 6.04 Å². The van der Waals surface area contributed by atoms with Crippen molar-refractivity contribution in [3.8, 4) is 17.0 Å². The summed E-state index contributed by atoms with van der Waals surface area (Å²) in [6.07, 6.45) is 0. The largest absolute Gasteiger partial charge is 0.497 e. The standard InChI is InChI=1S/C19H14N8O4/c1-31-13-7-5-10(6-8-13)15-14-16(18(28)22-21-15)20-19-23-24-25-26(19)17(14)11-3-2-4-12(9-11)27(29)30/h2-9,17H,1H3,(H,22,28)(H,20,23,25)/t17-/m1/s1. The van der Waals surface area contributed by atoms with Crippen molar-refractivity contribution >= 4 is 17.3 Å². The Morgan fingerprint density at radius 2 is 2.00 bits per heavy atom. The zero-order valence-corrected chi connectivity index (χ0v) is 16.0. The molecule has 2 aromatic carbocycles. The lowest BCUT2D eigenvalue weighted by molar-refractivity contribution is -0.384. The van der Waals surface area contributed by atoms with Crippen LogP contribution in [-0.4, -0.2) is 42.4 Å². The van der Waals surface area contributed by atoms with Crippen LogP contribution in [0.15, 0.2) is 53.3 Å². The van der Waals surface area contributed by atoms with Gasteiger partial charge in [0.1, 0.15) is 17.5 Å². The highest BCUT2D eigenvalue weighted by Gasteiger charge is 2.34. The van der Waals surface area contributed by atoms with Gasteiger partial charge in [0.25, 0.3) is 11.2 Å². The predicted molar refractivity (Wildman–Crippen MR) is 108 cm³/mol. The van der Waals surface area contributed by atoms with Gasteiger partial charge < -0.3 is 10.1 Å². The van der Waals surface area contributed by atoms with Gasteiger partial charge in [0.2, 0.25) is 5.95 Å². The molecule has 5 rings (SSSR count). The van der Waals surface area contributed by atoms with Crippen molar-refractivity contribution in [2.24, 2.45) is 0 Å². The monoisotopic (exact) mass is 418 g/mol. The Labute approximate surface area is 173 Å². The van der Waals surface area contributed by atoms with Crippen molar-refractivity contribution in [3.63, 3.8) is 0 Å². The van der Waals surface area contributed by atoms with E-state index >= 15 is 0 Å². The van der Waals surface area contributed by atoms with Gasteiger partial charge in [-0.25, -0.2) is 5.10 Å². The summed E-state index contributed by atoms with van der Waals surface area (Å²) in [4.78, 5) is 23.5. The van der Waals surface area contributed by atoms with Gasteiger partial charge in [-0.3, -0.25) is 14.9 Å². The highest BCUT2D eigenvalue weighted by atomic mass is 16.6. The van der Waals surface area contributed by atoms with Crippen LogP contribution in [0.3, 0.4) is 0 Å². The number of H-pyrrole nitrogens is 1. The lowest BCUT2D eigenvalue weighted by atomic mass is 9.92. The van der Waals surface area contributed by atoms with Gasteiger partial charge >= 0.3 is 0 Å². The van der Waals surface area contributed by atoms with Crippen LogP contribution >= 0.6 is 0 Å². The molecular formula is C19H14N8O4. The third-order valence-corrected chi connectivity index (χ3v) is 5.03. The van der Waals surface area contributed by atoms with E-state index in [1.807, 2.05) is 0 Å². The van der Waals surface area contributed by atoms with E-state index in [1.54, 1.807) is 43.5 Å². The van der Waals surface area contributed by atoms with Gasteiger partial charge in [-0.15, -0.1) is 0 Å². The van der Waals surface area contributed by atoms with Crippen molar-refractivity contribution in [3.05, 3.63) is 80.1 Å². The average molecular weight is 418 g/mol. The molecule has 1 aliphatic heterocycles. The van der Waals surface area contributed by atoms with Crippen LogP contribution in [0.4, 0.5) is 17.3 Å². The molecule has 2 aromatic heterocycles. The fraction of sp³-hybridized carbons (Fsp3) is 0.105. The molecule has 12 nitrogen and oxygen atoms in total. The Hall–Kier alpha value is -4.61. The van der Waals surface area contributed by atoms with Gasteiger partial charge in [0.05, 0.1) is 17.7 Å². The number of tetrazole rings is 1. The van der Waals surface area contributed by atoms with Gasteiger partial charge in [-0.05, 0) is 40.3 Å². The summed E-state index contributed by atoms with van der Waals surface area (Å²) < 4.78 is 6.68. The number of nitrogens with zero attached hydrogens (tertiary/aromatic N) is 6. The summed E-state index contributed by atoms with van der Waals surface area (Å²) in [5.74, 6) is 0.902. The number of benzene rings is 2. The number of ether oxygens (including phenoxy) is 1. The Kier molecular flexibility index (Phi) is 4.17. The van der Waals surface area contributed by atoms with E-state index in [0.29, 0.717) is 28.1 Å². The number of rotatable bonds is 4. The number of non-ortho nitro benzene ring substituents is 1. The molecule has 0 radical (unpaired) electrons. The third kappa shape index (κ3) is 2.97. The number of methoxy groups -OCH3 is 1. The summed E-state index contributed by atoms with van der Waals surface area (Å²) in [6.45, 7) is 0. The number of nitro benzene ring substituents is 1. The molecular weight excluding hydrogens is 404 g/mol. The summed E-state index contributed by atoms with van der Waals surface area (Å²) >= 11 is 0. The summed E-state index contributed by atoms with van der Waals surface area (Å²) in [7, 11) is 1.57. The summed E-state index contributed by atoms with van der Waals surface area (Å²) in [6, 6.07) is 12.6. The number of hydrogen-bond donors (Lipinski definition) is 2. The summed E-state index contributed by atoms with van der Waals surface area (Å²) in [5.41, 5.74) is 1.89. The number of anilines is 2. The van der Waals surface area contributed by atoms with Crippen LogP contribution < -0.4 is 15.6 Å². The molecule has 1 aliphatic rings. The van der Waals surface area contributed by atoms with E-state index < -0.39 is 16.5 Å². The molecule has 0 spiro atoms. The van der Waals surface area contributed by atoms with Crippen molar-refractivity contribution in [1.82, 2.24) is 30.4 Å². The molecule has 0 bridgehead atoms. The highest BCUT2D eigenvalue weighted by molar-refractivity contribution is 5.75. The van der Waals surface area contributed by atoms with Crippen LogP contribution in [0, 0.1) is 10.1 Å². The molecule has 2 N–H and O–H groups in total. The number of nitro groups is 1. The lowest BCUT2D eigenvalue weighted by Gasteiger charge is -2.27. The number of hydrogen-bond acceptors (Lipinski definition) is 9. The van der Waals surface area contributed by atoms with Gasteiger partial charge in [-0.2, -0.15) is 9.78 Å². The molecule has 0 fully saturated rings. The van der Waals surface area contributed by atoms with Crippen LogP contribution in [0.5, 0.6) is 5.75 Å². The Morgan fingerprint density at radius 3 is 2.74 bits per heavy atom. The second kappa shape index (κ2) is 7.02. The minimum Gasteiger partial charge on any atom is -0.497 e. The topological polar surface area (TPSA) is 154 Å². The molecule has 4 aromatic rings. The molecule has 0 aliphatic carbocycles. The first kappa shape index (κ1) is 18.4. The van der Waals surface area contributed by atoms with E-state index in [1.165, 1.54) is 16.8 Å². The Balaban J connectivity index is 1.78. The van der Waals surface area contributed by atoms with E-state index in [4.69, 9.17) is 4.74 Å². The maximum atomic E-state index is 12.6. The minimum atomic E-state index is -0.715. The molecule has 3 heterocycles. The van der Waals surface area contributed by atoms with Crippen LogP contribution in [0.2, 0.25) is 0 Å². The zero-order valence-electron chi connectivity index (χ0n) is 16.0. The molecule has 0 saturated heterocycles. The number of aromatic amines is 1. The maximum Gasteiger partial charge on any atom is 0.288 e. The van der Waals surface area contributed by atoms with Gasteiger partial charge in [-0.1, -0.05) is 17.2 Å². The van der Waals surface area contributed by atoms with Crippen LogP contribution in [0.1, 0.15) is 17.2 Å². The molecule has 0 saturated carbocycles. The Morgan fingerprint density at radius 1 is 1.19 bits per heavy atom. The molecule has 1 atom stereocenters. The highest BCUT2D eigenvalue weighted by Crippen LogP contribution is 2.41. The van der Waals surface area contributed by atoms with E-state index in [-0.39, 0.29) is 17.3 Å². The SMILES string of the molecule is COc1ccc(-c2n[nH]c(=O)c3c2[C@@H](c2cccc([N+](=O)[O-])c2)n2nnnc2N3)cc1. The first-order valence-corrected chi connectivity index (χ1v) is 9.13. The quantitative estimate of drug-likeness (QED) is 0.329. The maximum absolute atomic E-state index is 12.6. The lowest BCUT2D eigenvalue weighted by Crippen LogP contribution is -2.29. The molecule has 154 valence electrons. The van der Waals surface area contributed by atoms with Gasteiger partial charge in [0.15, 0.2) is 0 Å². The molecule has 0 amide bonds. The number of nitrogens with one attached hydrogen (secondary N) is 2. The fourth-order valence-electron chi connectivity index (χ4n) is 3.62. The molecule has 0 unspecified atom stereocenters. The van der Waals surface area contributed by atoms with Crippen LogP contribution in [0.25, 0.3) is 11.3 Å². The van der Waals surface area contributed by atoms with E-state index in [0.717, 1.165) is 0 Å². The van der Waals surface area contributed by atoms with Crippen molar-refractivity contribution in [1.29, 1.82) is 0 Å². The predicted octanol–water partition coefficient (Wildman–Crippen LogP) is 2.03. The van der Waals surface area contributed by atoms with E-state index in [9.17, 15) is 14.9 Å². The molecule has 12 heteroatoms. The Bertz CT molecular complexity index is 1360. The summed E-state index contributed by atoms with van der Waals surface area (Å²) in [5, 5.41) is 32.7. The fourth-order valence-corrected chi connectivity index (χ4v) is 3.62. The van der Waals surface area contributed by atoms with E-state index in [2.05, 4.69) is 31.0 Å². The van der Waals surface area contributed by atoms with Crippen molar-refractivity contribution in [2.75, 3.05) is 12.4 Å². The number of fused-ring (bicyclic) bond motifs is 2. The van der Waals surface area contributed by atoms with Crippen molar-refractivity contribution < 1.29 is 9.66 Å². The molecule has 31 heavy (non-hydrogen) atoms. The average Bonchev–Trinajstić information content (AvgIpc) is 3.27.